The minimum absolute atomic E-state index is 0.0128. The molecular formula is C62H124O12. The van der Waals surface area contributed by atoms with Gasteiger partial charge >= 0.3 is 35.8 Å². The zero-order valence-electron chi connectivity index (χ0n) is 49.9. The van der Waals surface area contributed by atoms with Gasteiger partial charge in [-0.05, 0) is 57.8 Å². The summed E-state index contributed by atoms with van der Waals surface area (Å²) in [5, 5.41) is 41.6. The van der Waals surface area contributed by atoms with Crippen LogP contribution in [0.5, 0.6) is 0 Å². The van der Waals surface area contributed by atoms with Crippen LogP contribution in [0.25, 0.3) is 0 Å². The Morgan fingerprint density at radius 3 is 0.622 bits per heavy atom. The lowest BCUT2D eigenvalue weighted by Crippen LogP contribution is -2.17. The molecule has 12 heteroatoms. The minimum atomic E-state index is -0.666. The van der Waals surface area contributed by atoms with Crippen LogP contribution in [0.3, 0.4) is 0 Å². The highest BCUT2D eigenvalue weighted by atomic mass is 16.5. The molecule has 0 fully saturated rings. The molecule has 1 unspecified atom stereocenters. The number of aliphatic carboxylic acids is 5. The van der Waals surface area contributed by atoms with Gasteiger partial charge in [-0.1, -0.05) is 261 Å². The molecule has 12 nitrogen and oxygen atoms in total. The summed E-state index contributed by atoms with van der Waals surface area (Å²) in [4.78, 5) is 62.2. The average molecular weight is 1060 g/mol. The van der Waals surface area contributed by atoms with E-state index in [1.165, 1.54) is 180 Å². The molecule has 0 saturated heterocycles. The molecular weight excluding hydrogens is 937 g/mol. The highest BCUT2D eigenvalue weighted by Crippen LogP contribution is 2.14. The Balaban J connectivity index is -0.000000191. The third-order valence-electron chi connectivity index (χ3n) is 12.3. The van der Waals surface area contributed by atoms with E-state index in [0.29, 0.717) is 38.5 Å². The Morgan fingerprint density at radius 2 is 0.432 bits per heavy atom. The van der Waals surface area contributed by atoms with Gasteiger partial charge in [-0.3, -0.25) is 28.8 Å². The van der Waals surface area contributed by atoms with Crippen LogP contribution >= 0.6 is 0 Å². The minimum Gasteiger partial charge on any atom is -0.481 e. The highest BCUT2D eigenvalue weighted by molar-refractivity contribution is 5.69. The van der Waals surface area contributed by atoms with Crippen molar-refractivity contribution in [1.82, 2.24) is 0 Å². The van der Waals surface area contributed by atoms with Gasteiger partial charge in [0, 0.05) is 38.5 Å². The van der Waals surface area contributed by atoms with Gasteiger partial charge in [-0.25, -0.2) is 0 Å². The van der Waals surface area contributed by atoms with Crippen molar-refractivity contribution in [2.45, 2.75) is 363 Å². The van der Waals surface area contributed by atoms with Crippen molar-refractivity contribution < 1.29 is 59.0 Å². The summed E-state index contributed by atoms with van der Waals surface area (Å²) in [6.45, 7) is 17.4. The molecule has 1 atom stereocenters. The first-order valence-electron chi connectivity index (χ1n) is 30.9. The topological polar surface area (TPSA) is 213 Å². The molecule has 0 amide bonds. The molecule has 0 saturated carbocycles. The first kappa shape index (κ1) is 82.2. The van der Waals surface area contributed by atoms with Gasteiger partial charge in [0.15, 0.2) is 0 Å². The number of unbranched alkanes of at least 4 members (excludes halogenated alkanes) is 32. The van der Waals surface area contributed by atoms with Gasteiger partial charge in [0.05, 0.1) is 0 Å². The van der Waals surface area contributed by atoms with Crippen LogP contribution in [-0.4, -0.2) is 67.5 Å². The summed E-state index contributed by atoms with van der Waals surface area (Å²) in [7, 11) is 0. The molecule has 0 spiro atoms. The molecule has 0 radical (unpaired) electrons. The van der Waals surface area contributed by atoms with Crippen LogP contribution in [-0.2, 0) is 33.5 Å². The Bertz CT molecular complexity index is 993. The van der Waals surface area contributed by atoms with Crippen LogP contribution in [0.1, 0.15) is 357 Å². The predicted octanol–water partition coefficient (Wildman–Crippen LogP) is 19.7. The maximum atomic E-state index is 11.7. The number of esters is 1. The second kappa shape index (κ2) is 76.3. The van der Waals surface area contributed by atoms with Crippen LogP contribution < -0.4 is 0 Å². The van der Waals surface area contributed by atoms with Gasteiger partial charge in [-0.15, -0.1) is 0 Å². The van der Waals surface area contributed by atoms with Gasteiger partial charge < -0.3 is 30.3 Å². The number of carbonyl (C=O) groups is 6. The molecule has 0 aliphatic carbocycles. The van der Waals surface area contributed by atoms with Crippen molar-refractivity contribution in [2.24, 2.45) is 0 Å². The lowest BCUT2D eigenvalue weighted by atomic mass is 10.1. The highest BCUT2D eigenvalue weighted by Gasteiger charge is 2.12. The van der Waals surface area contributed by atoms with Crippen LogP contribution in [0, 0.1) is 0 Å². The van der Waals surface area contributed by atoms with E-state index in [4.69, 9.17) is 30.3 Å². The fourth-order valence-electron chi connectivity index (χ4n) is 7.55. The summed E-state index contributed by atoms with van der Waals surface area (Å²) in [5.74, 6) is -3.32. The number of carboxylic acid groups (broad SMARTS) is 5. The maximum absolute atomic E-state index is 11.7. The zero-order chi connectivity index (χ0) is 57.0. The van der Waals surface area contributed by atoms with Crippen molar-refractivity contribution in [1.29, 1.82) is 0 Å². The van der Waals surface area contributed by atoms with E-state index in [1.807, 2.05) is 0 Å². The molecule has 444 valence electrons. The predicted molar refractivity (Wildman–Crippen MR) is 310 cm³/mol. The second-order valence-corrected chi connectivity index (χ2v) is 20.1. The molecule has 0 aliphatic heterocycles. The third-order valence-corrected chi connectivity index (χ3v) is 12.3. The lowest BCUT2D eigenvalue weighted by molar-refractivity contribution is -0.150. The standard InChI is InChI=1S/C17H34O2.5C9H18O2/c1-4-7-9-10-11-13-15-17(18)19-16(6-3)14-12-8-5-2;5*1-2-3-4-5-6-7-8-9(10)11/h16H,4-15H2,1-3H3;5*2-8H2,1H3,(H,10,11). The molecule has 0 rings (SSSR count). The first-order valence-corrected chi connectivity index (χ1v) is 30.9. The van der Waals surface area contributed by atoms with Crippen molar-refractivity contribution in [3.8, 4) is 0 Å². The number of carboxylic acids is 5. The van der Waals surface area contributed by atoms with Crippen LogP contribution in [0.4, 0.5) is 0 Å². The Hall–Kier alpha value is -3.18. The summed E-state index contributed by atoms with van der Waals surface area (Å²) in [6.07, 6.45) is 50.0. The maximum Gasteiger partial charge on any atom is 0.306 e. The number of ether oxygens (including phenoxy) is 1. The Labute approximate surface area is 456 Å². The average Bonchev–Trinajstić information content (AvgIpc) is 3.36. The smallest absolute Gasteiger partial charge is 0.306 e. The summed E-state index contributed by atoms with van der Waals surface area (Å²) >= 11 is 0. The van der Waals surface area contributed by atoms with Crippen molar-refractivity contribution >= 4 is 35.8 Å². The molecule has 0 bridgehead atoms. The van der Waals surface area contributed by atoms with E-state index >= 15 is 0 Å². The zero-order valence-corrected chi connectivity index (χ0v) is 49.9. The first-order chi connectivity index (χ1) is 35.6. The van der Waals surface area contributed by atoms with Gasteiger partial charge in [0.2, 0.25) is 0 Å². The summed E-state index contributed by atoms with van der Waals surface area (Å²) < 4.78 is 5.54. The van der Waals surface area contributed by atoms with E-state index < -0.39 is 29.8 Å². The summed E-state index contributed by atoms with van der Waals surface area (Å²) in [5.41, 5.74) is 0. The SMILES string of the molecule is CCCCCCCCC(=O)O.CCCCCCCCC(=O)O.CCCCCCCCC(=O)O.CCCCCCCCC(=O)O.CCCCCCCCC(=O)O.CCCCCCCCC(=O)OC(CC)CCCCC. The Kier molecular flexibility index (Phi) is 84.8. The molecule has 0 aromatic heterocycles. The number of hydrogen-bond donors (Lipinski definition) is 5. The van der Waals surface area contributed by atoms with Crippen molar-refractivity contribution in [3.63, 3.8) is 0 Å². The van der Waals surface area contributed by atoms with Gasteiger partial charge in [0.1, 0.15) is 6.10 Å². The fourth-order valence-corrected chi connectivity index (χ4v) is 7.55. The quantitative estimate of drug-likeness (QED) is 0.0284. The molecule has 0 aromatic carbocycles. The monoisotopic (exact) mass is 1060 g/mol. The second-order valence-electron chi connectivity index (χ2n) is 20.1. The van der Waals surface area contributed by atoms with Crippen molar-refractivity contribution in [3.05, 3.63) is 0 Å². The van der Waals surface area contributed by atoms with E-state index in [9.17, 15) is 28.8 Å². The van der Waals surface area contributed by atoms with Crippen molar-refractivity contribution in [2.75, 3.05) is 0 Å². The molecule has 5 N–H and O–H groups in total. The van der Waals surface area contributed by atoms with E-state index in [2.05, 4.69) is 55.4 Å². The van der Waals surface area contributed by atoms with Gasteiger partial charge in [-0.2, -0.15) is 0 Å². The molecule has 74 heavy (non-hydrogen) atoms. The van der Waals surface area contributed by atoms with Crippen LogP contribution in [0.2, 0.25) is 0 Å². The lowest BCUT2D eigenvalue weighted by Gasteiger charge is -2.16. The Morgan fingerprint density at radius 1 is 0.257 bits per heavy atom. The molecule has 0 aromatic rings. The normalized spacial score (nSPS) is 10.5. The van der Waals surface area contributed by atoms with E-state index in [0.717, 1.165) is 83.5 Å². The number of carbonyl (C=O) groups excluding carboxylic acids is 1. The largest absolute Gasteiger partial charge is 0.481 e. The summed E-state index contributed by atoms with van der Waals surface area (Å²) in [6, 6.07) is 0. The van der Waals surface area contributed by atoms with Crippen LogP contribution in [0.15, 0.2) is 0 Å². The third kappa shape index (κ3) is 102. The van der Waals surface area contributed by atoms with E-state index in [1.54, 1.807) is 0 Å². The molecule has 0 aliphatic rings. The fraction of sp³-hybridized carbons (Fsp3) is 0.903. The van der Waals surface area contributed by atoms with E-state index in [-0.39, 0.29) is 12.1 Å². The number of hydrogen-bond acceptors (Lipinski definition) is 7. The van der Waals surface area contributed by atoms with Gasteiger partial charge in [0.25, 0.3) is 0 Å². The molecule has 0 heterocycles. The number of rotatable bonds is 48.